The van der Waals surface area contributed by atoms with Crippen LogP contribution in [0, 0.1) is 0 Å². The molecule has 0 unspecified atom stereocenters. The van der Waals surface area contributed by atoms with E-state index in [1.807, 2.05) is 6.92 Å². The molecule has 4 rings (SSSR count). The molecule has 0 aromatic heterocycles. The predicted molar refractivity (Wildman–Crippen MR) is 98.5 cm³/mol. The summed E-state index contributed by atoms with van der Waals surface area (Å²) in [5, 5.41) is 3.07. The van der Waals surface area contributed by atoms with Crippen LogP contribution in [-0.2, 0) is 9.59 Å². The summed E-state index contributed by atoms with van der Waals surface area (Å²) in [6.07, 6.45) is 0. The number of ether oxygens (including phenoxy) is 3. The van der Waals surface area contributed by atoms with Crippen LogP contribution < -0.4 is 19.5 Å². The van der Waals surface area contributed by atoms with Crippen LogP contribution in [0.3, 0.4) is 0 Å². The molecule has 0 bridgehead atoms. The van der Waals surface area contributed by atoms with E-state index in [0.717, 1.165) is 4.90 Å². The van der Waals surface area contributed by atoms with Crippen molar-refractivity contribution in [2.24, 2.45) is 0 Å². The number of fused-ring (bicyclic) bond motifs is 1. The zero-order valence-corrected chi connectivity index (χ0v) is 14.9. The molecule has 2 aliphatic rings. The van der Waals surface area contributed by atoms with E-state index in [0.29, 0.717) is 40.7 Å². The number of likely N-dealkylation sites (N-methyl/N-ethyl adjacent to an activating group) is 1. The van der Waals surface area contributed by atoms with Crippen molar-refractivity contribution in [3.63, 3.8) is 0 Å². The number of hydrogen-bond acceptors (Lipinski definition) is 6. The molecular weight excluding hydrogens is 348 g/mol. The monoisotopic (exact) mass is 366 g/mol. The Balaban J connectivity index is 1.71. The number of nitrogens with zero attached hydrogens (tertiary/aromatic N) is 1. The zero-order valence-electron chi connectivity index (χ0n) is 14.9. The van der Waals surface area contributed by atoms with Crippen molar-refractivity contribution < 1.29 is 23.8 Å². The van der Waals surface area contributed by atoms with Gasteiger partial charge in [-0.3, -0.25) is 14.5 Å². The van der Waals surface area contributed by atoms with E-state index in [1.165, 1.54) is 7.05 Å². The van der Waals surface area contributed by atoms with Crippen LogP contribution >= 0.6 is 0 Å². The Hall–Kier alpha value is -3.48. The van der Waals surface area contributed by atoms with Gasteiger partial charge in [-0.25, -0.2) is 0 Å². The Morgan fingerprint density at radius 3 is 2.52 bits per heavy atom. The lowest BCUT2D eigenvalue weighted by atomic mass is 10.0. The number of hydrogen-bond donors (Lipinski definition) is 1. The number of imide groups is 1. The van der Waals surface area contributed by atoms with Gasteiger partial charge >= 0.3 is 0 Å². The standard InChI is InChI=1S/C20H18N2O5/c1-3-25-14-7-4-12(5-8-14)17-18(20(24)22(2)19(17)23)21-13-6-9-15-16(10-13)27-11-26-15/h4-10,21H,3,11H2,1-2H3. The van der Waals surface area contributed by atoms with Gasteiger partial charge in [-0.05, 0) is 36.8 Å². The van der Waals surface area contributed by atoms with Crippen molar-refractivity contribution in [3.05, 3.63) is 53.7 Å². The van der Waals surface area contributed by atoms with E-state index < -0.39 is 0 Å². The van der Waals surface area contributed by atoms with E-state index in [9.17, 15) is 9.59 Å². The van der Waals surface area contributed by atoms with Gasteiger partial charge in [-0.1, -0.05) is 12.1 Å². The zero-order chi connectivity index (χ0) is 19.0. The fourth-order valence-corrected chi connectivity index (χ4v) is 3.03. The summed E-state index contributed by atoms with van der Waals surface area (Å²) in [7, 11) is 1.47. The van der Waals surface area contributed by atoms with Gasteiger partial charge in [0.1, 0.15) is 11.4 Å². The van der Waals surface area contributed by atoms with Crippen molar-refractivity contribution >= 4 is 23.1 Å². The largest absolute Gasteiger partial charge is 0.494 e. The van der Waals surface area contributed by atoms with Crippen molar-refractivity contribution in [1.29, 1.82) is 0 Å². The molecule has 7 nitrogen and oxygen atoms in total. The first-order valence-corrected chi connectivity index (χ1v) is 8.55. The van der Waals surface area contributed by atoms with Crippen LogP contribution in [0.15, 0.2) is 48.2 Å². The molecule has 2 heterocycles. The minimum Gasteiger partial charge on any atom is -0.494 e. The molecule has 1 N–H and O–H groups in total. The summed E-state index contributed by atoms with van der Waals surface area (Å²) in [5.41, 5.74) is 1.83. The average Bonchev–Trinajstić information content (AvgIpc) is 3.22. The molecule has 2 aliphatic heterocycles. The molecule has 0 saturated heterocycles. The van der Waals surface area contributed by atoms with E-state index in [1.54, 1.807) is 42.5 Å². The molecule has 0 spiro atoms. The van der Waals surface area contributed by atoms with Crippen molar-refractivity contribution in [1.82, 2.24) is 4.90 Å². The predicted octanol–water partition coefficient (Wildman–Crippen LogP) is 2.64. The topological polar surface area (TPSA) is 77.1 Å². The molecule has 27 heavy (non-hydrogen) atoms. The van der Waals surface area contributed by atoms with Crippen LogP contribution in [0.1, 0.15) is 12.5 Å². The van der Waals surface area contributed by atoms with Crippen LogP contribution in [0.4, 0.5) is 5.69 Å². The maximum absolute atomic E-state index is 12.6. The fraction of sp³-hybridized carbons (Fsp3) is 0.200. The summed E-state index contributed by atoms with van der Waals surface area (Å²) < 4.78 is 16.1. The van der Waals surface area contributed by atoms with Crippen LogP contribution in [0.5, 0.6) is 17.2 Å². The third-order valence-corrected chi connectivity index (χ3v) is 4.38. The van der Waals surface area contributed by atoms with Gasteiger partial charge in [-0.2, -0.15) is 0 Å². The average molecular weight is 366 g/mol. The van der Waals surface area contributed by atoms with E-state index in [2.05, 4.69) is 5.32 Å². The minimum atomic E-state index is -0.387. The highest BCUT2D eigenvalue weighted by Gasteiger charge is 2.37. The maximum atomic E-state index is 12.6. The number of amides is 2. The summed E-state index contributed by atoms with van der Waals surface area (Å²) >= 11 is 0. The highest BCUT2D eigenvalue weighted by molar-refractivity contribution is 6.36. The van der Waals surface area contributed by atoms with Gasteiger partial charge in [-0.15, -0.1) is 0 Å². The molecule has 2 amide bonds. The molecule has 0 radical (unpaired) electrons. The van der Waals surface area contributed by atoms with Gasteiger partial charge in [0.05, 0.1) is 12.2 Å². The van der Waals surface area contributed by atoms with Gasteiger partial charge < -0.3 is 19.5 Å². The molecule has 7 heteroatoms. The molecule has 2 aromatic carbocycles. The van der Waals surface area contributed by atoms with Crippen molar-refractivity contribution in [2.75, 3.05) is 25.8 Å². The first-order valence-electron chi connectivity index (χ1n) is 8.55. The number of rotatable bonds is 5. The first-order chi connectivity index (χ1) is 13.1. The van der Waals surface area contributed by atoms with E-state index >= 15 is 0 Å². The Morgan fingerprint density at radius 1 is 1.04 bits per heavy atom. The lowest BCUT2D eigenvalue weighted by Gasteiger charge is -2.10. The number of nitrogens with one attached hydrogen (secondary N) is 1. The van der Waals surface area contributed by atoms with Crippen LogP contribution in [0.25, 0.3) is 5.57 Å². The minimum absolute atomic E-state index is 0.166. The summed E-state index contributed by atoms with van der Waals surface area (Å²) in [5.74, 6) is 1.20. The highest BCUT2D eigenvalue weighted by Crippen LogP contribution is 2.36. The van der Waals surface area contributed by atoms with Gasteiger partial charge in [0, 0.05) is 18.8 Å². The van der Waals surface area contributed by atoms with Crippen LogP contribution in [0.2, 0.25) is 0 Å². The molecule has 0 aliphatic carbocycles. The Morgan fingerprint density at radius 2 is 1.78 bits per heavy atom. The second-order valence-corrected chi connectivity index (χ2v) is 6.07. The molecule has 138 valence electrons. The van der Waals surface area contributed by atoms with Gasteiger partial charge in [0.15, 0.2) is 11.5 Å². The number of benzene rings is 2. The molecule has 0 fully saturated rings. The van der Waals surface area contributed by atoms with Crippen molar-refractivity contribution in [3.8, 4) is 17.2 Å². The second-order valence-electron chi connectivity index (χ2n) is 6.07. The van der Waals surface area contributed by atoms with Gasteiger partial charge in [0.2, 0.25) is 6.79 Å². The summed E-state index contributed by atoms with van der Waals surface area (Å²) in [6.45, 7) is 2.62. The van der Waals surface area contributed by atoms with E-state index in [4.69, 9.17) is 14.2 Å². The summed E-state index contributed by atoms with van der Waals surface area (Å²) in [6, 6.07) is 12.4. The fourth-order valence-electron chi connectivity index (χ4n) is 3.03. The maximum Gasteiger partial charge on any atom is 0.277 e. The number of anilines is 1. The number of carbonyl (C=O) groups is 2. The van der Waals surface area contributed by atoms with E-state index in [-0.39, 0.29) is 24.3 Å². The lowest BCUT2D eigenvalue weighted by Crippen LogP contribution is -2.27. The molecule has 0 atom stereocenters. The SMILES string of the molecule is CCOc1ccc(C2=C(Nc3ccc4c(c3)OCO4)C(=O)N(C)C2=O)cc1. The highest BCUT2D eigenvalue weighted by atomic mass is 16.7. The molecule has 0 saturated carbocycles. The van der Waals surface area contributed by atoms with Crippen molar-refractivity contribution in [2.45, 2.75) is 6.92 Å². The normalized spacial score (nSPS) is 15.6. The molecule has 2 aromatic rings. The summed E-state index contributed by atoms with van der Waals surface area (Å²) in [4.78, 5) is 26.4. The first kappa shape index (κ1) is 17.0. The second kappa shape index (κ2) is 6.68. The Bertz CT molecular complexity index is 949. The third-order valence-electron chi connectivity index (χ3n) is 4.38. The quantitative estimate of drug-likeness (QED) is 0.820. The third kappa shape index (κ3) is 2.97. The van der Waals surface area contributed by atoms with Crippen LogP contribution in [-0.4, -0.2) is 37.2 Å². The molecular formula is C20H18N2O5. The Labute approximate surface area is 156 Å². The van der Waals surface area contributed by atoms with Gasteiger partial charge in [0.25, 0.3) is 11.8 Å². The smallest absolute Gasteiger partial charge is 0.277 e. The number of carbonyl (C=O) groups excluding carboxylic acids is 2. The lowest BCUT2D eigenvalue weighted by molar-refractivity contribution is -0.135. The Kier molecular flexibility index (Phi) is 4.19.